The molecule has 1 heterocycles. The lowest BCUT2D eigenvalue weighted by Crippen LogP contribution is -2.40. The molecule has 2 aromatic rings. The van der Waals surface area contributed by atoms with Gasteiger partial charge in [0.1, 0.15) is 5.41 Å². The minimum absolute atomic E-state index is 0.0247. The number of aliphatic carboxylic acids is 1. The number of carbonyl (C=O) groups excluding carboxylic acids is 1. The van der Waals surface area contributed by atoms with Crippen molar-refractivity contribution in [3.63, 3.8) is 0 Å². The van der Waals surface area contributed by atoms with E-state index in [0.29, 0.717) is 13.0 Å². The maximum absolute atomic E-state index is 12.9. The smallest absolute Gasteiger partial charge is 0.313 e. The molecular weight excluding hydrogens is 330 g/mol. The molecule has 5 heteroatoms. The van der Waals surface area contributed by atoms with Crippen LogP contribution in [0.15, 0.2) is 42.5 Å². The Morgan fingerprint density at radius 3 is 2.73 bits per heavy atom. The largest absolute Gasteiger partial charge is 0.481 e. The molecule has 1 amide bonds. The molecule has 5 nitrogen and oxygen atoms in total. The highest BCUT2D eigenvalue weighted by Gasteiger charge is 2.51. The van der Waals surface area contributed by atoms with Crippen molar-refractivity contribution in [2.45, 2.75) is 18.8 Å². The number of fused-ring (bicyclic) bond motifs is 1. The van der Waals surface area contributed by atoms with Crippen LogP contribution in [-0.4, -0.2) is 48.7 Å². The quantitative estimate of drug-likeness (QED) is 0.898. The third kappa shape index (κ3) is 2.86. The molecule has 0 radical (unpaired) electrons. The zero-order valence-corrected chi connectivity index (χ0v) is 14.9. The summed E-state index contributed by atoms with van der Waals surface area (Å²) in [7, 11) is 1.51. The Hall–Kier alpha value is -2.40. The first-order chi connectivity index (χ1) is 12.5. The summed E-state index contributed by atoms with van der Waals surface area (Å²) in [5.74, 6) is -0.573. The van der Waals surface area contributed by atoms with Gasteiger partial charge >= 0.3 is 5.97 Å². The molecule has 2 aliphatic rings. The number of ether oxygens (including phenoxy) is 1. The summed E-state index contributed by atoms with van der Waals surface area (Å²) in [6.07, 6.45) is 1.30. The van der Waals surface area contributed by atoms with E-state index in [4.69, 9.17) is 4.74 Å². The minimum Gasteiger partial charge on any atom is -0.481 e. The van der Waals surface area contributed by atoms with E-state index in [9.17, 15) is 14.7 Å². The summed E-state index contributed by atoms with van der Waals surface area (Å²) in [5.41, 5.74) is 0.236. The van der Waals surface area contributed by atoms with Gasteiger partial charge in [-0.2, -0.15) is 0 Å². The van der Waals surface area contributed by atoms with Crippen molar-refractivity contribution in [1.29, 1.82) is 0 Å². The molecule has 1 saturated heterocycles. The van der Waals surface area contributed by atoms with E-state index in [1.165, 1.54) is 23.4 Å². The van der Waals surface area contributed by atoms with Crippen LogP contribution in [0.1, 0.15) is 24.3 Å². The first kappa shape index (κ1) is 17.0. The van der Waals surface area contributed by atoms with Crippen LogP contribution >= 0.6 is 0 Å². The number of hydrogen-bond donors (Lipinski definition) is 1. The fourth-order valence-corrected chi connectivity index (χ4v) is 4.20. The highest BCUT2D eigenvalue weighted by molar-refractivity contribution is 5.87. The Bertz CT molecular complexity index is 864. The number of amides is 1. The summed E-state index contributed by atoms with van der Waals surface area (Å²) < 4.78 is 5.11. The van der Waals surface area contributed by atoms with Crippen molar-refractivity contribution in [2.24, 2.45) is 11.3 Å². The number of benzene rings is 2. The van der Waals surface area contributed by atoms with Crippen molar-refractivity contribution >= 4 is 22.6 Å². The van der Waals surface area contributed by atoms with Gasteiger partial charge in [0.2, 0.25) is 5.91 Å². The molecule has 3 unspecified atom stereocenters. The summed E-state index contributed by atoms with van der Waals surface area (Å²) in [6.45, 7) is 0.885. The number of likely N-dealkylation sites (tertiary alicyclic amines) is 1. The van der Waals surface area contributed by atoms with Gasteiger partial charge < -0.3 is 14.7 Å². The van der Waals surface area contributed by atoms with E-state index in [-0.39, 0.29) is 30.9 Å². The molecular formula is C21H23NO4. The number of carboxylic acid groups (broad SMARTS) is 1. The average Bonchev–Trinajstić information content (AvgIpc) is 3.33. The molecule has 1 aliphatic carbocycles. The minimum atomic E-state index is -0.961. The average molecular weight is 353 g/mol. The highest BCUT2D eigenvalue weighted by atomic mass is 16.5. The summed E-state index contributed by atoms with van der Waals surface area (Å²) in [5, 5.41) is 11.9. The SMILES string of the molecule is COCC1(C(=O)O)CCN(C(=O)C2CC2c2ccc3ccccc3c2)C1. The summed E-state index contributed by atoms with van der Waals surface area (Å²) >= 11 is 0. The summed E-state index contributed by atoms with van der Waals surface area (Å²) in [6, 6.07) is 14.6. The first-order valence-electron chi connectivity index (χ1n) is 9.04. The van der Waals surface area contributed by atoms with Crippen LogP contribution in [0.5, 0.6) is 0 Å². The van der Waals surface area contributed by atoms with E-state index in [2.05, 4.69) is 30.3 Å². The van der Waals surface area contributed by atoms with E-state index >= 15 is 0 Å². The van der Waals surface area contributed by atoms with Gasteiger partial charge in [0.05, 0.1) is 6.61 Å². The molecule has 0 bridgehead atoms. The highest BCUT2D eigenvalue weighted by Crippen LogP contribution is 2.50. The number of methoxy groups -OCH3 is 1. The molecule has 1 N–H and O–H groups in total. The summed E-state index contributed by atoms with van der Waals surface area (Å²) in [4.78, 5) is 26.2. The van der Waals surface area contributed by atoms with Crippen molar-refractivity contribution in [3.8, 4) is 0 Å². The second kappa shape index (κ2) is 6.40. The maximum Gasteiger partial charge on any atom is 0.313 e. The predicted octanol–water partition coefficient (Wildman–Crippen LogP) is 2.89. The second-order valence-corrected chi connectivity index (χ2v) is 7.58. The lowest BCUT2D eigenvalue weighted by atomic mass is 9.88. The van der Waals surface area contributed by atoms with E-state index in [0.717, 1.165) is 6.42 Å². The van der Waals surface area contributed by atoms with Crippen molar-refractivity contribution < 1.29 is 19.4 Å². The molecule has 26 heavy (non-hydrogen) atoms. The van der Waals surface area contributed by atoms with Gasteiger partial charge in [-0.15, -0.1) is 0 Å². The molecule has 2 fully saturated rings. The molecule has 3 atom stereocenters. The van der Waals surface area contributed by atoms with Gasteiger partial charge in [-0.25, -0.2) is 0 Å². The van der Waals surface area contributed by atoms with Gasteiger partial charge in [-0.1, -0.05) is 42.5 Å². The molecule has 2 aromatic carbocycles. The van der Waals surface area contributed by atoms with E-state index < -0.39 is 11.4 Å². The topological polar surface area (TPSA) is 66.8 Å². The number of hydrogen-bond acceptors (Lipinski definition) is 3. The molecule has 1 aliphatic heterocycles. The zero-order chi connectivity index (χ0) is 18.3. The first-order valence-corrected chi connectivity index (χ1v) is 9.04. The Balaban J connectivity index is 1.46. The lowest BCUT2D eigenvalue weighted by molar-refractivity contribution is -0.151. The second-order valence-electron chi connectivity index (χ2n) is 7.58. The van der Waals surface area contributed by atoms with Crippen LogP contribution < -0.4 is 0 Å². The lowest BCUT2D eigenvalue weighted by Gasteiger charge is -2.24. The zero-order valence-electron chi connectivity index (χ0n) is 14.9. The molecule has 0 aromatic heterocycles. The van der Waals surface area contributed by atoms with Crippen LogP contribution in [0, 0.1) is 11.3 Å². The maximum atomic E-state index is 12.9. The van der Waals surface area contributed by atoms with E-state index in [1.807, 2.05) is 12.1 Å². The molecule has 1 saturated carbocycles. The van der Waals surface area contributed by atoms with Crippen LogP contribution in [0.4, 0.5) is 0 Å². The van der Waals surface area contributed by atoms with E-state index in [1.54, 1.807) is 4.90 Å². The van der Waals surface area contributed by atoms with Gasteiger partial charge in [-0.3, -0.25) is 9.59 Å². The van der Waals surface area contributed by atoms with Crippen molar-refractivity contribution in [3.05, 3.63) is 48.0 Å². The van der Waals surface area contributed by atoms with Crippen LogP contribution in [-0.2, 0) is 14.3 Å². The standard InChI is InChI=1S/C21H23NO4/c1-26-13-21(20(24)25)8-9-22(12-21)19(23)18-11-17(18)16-7-6-14-4-2-3-5-15(14)10-16/h2-7,10,17-18H,8-9,11-13H2,1H3,(H,24,25). The number of carbonyl (C=O) groups is 2. The Morgan fingerprint density at radius 2 is 2.00 bits per heavy atom. The Morgan fingerprint density at radius 1 is 1.23 bits per heavy atom. The number of rotatable bonds is 5. The van der Waals surface area contributed by atoms with Gasteiger partial charge in [-0.05, 0) is 35.1 Å². The monoisotopic (exact) mass is 353 g/mol. The molecule has 4 rings (SSSR count). The fourth-order valence-electron chi connectivity index (χ4n) is 4.20. The predicted molar refractivity (Wildman–Crippen MR) is 97.9 cm³/mol. The van der Waals surface area contributed by atoms with Gasteiger partial charge in [0, 0.05) is 26.1 Å². The van der Waals surface area contributed by atoms with Crippen molar-refractivity contribution in [2.75, 3.05) is 26.8 Å². The third-order valence-corrected chi connectivity index (χ3v) is 5.85. The third-order valence-electron chi connectivity index (χ3n) is 5.85. The van der Waals surface area contributed by atoms with Crippen LogP contribution in [0.2, 0.25) is 0 Å². The van der Waals surface area contributed by atoms with Crippen molar-refractivity contribution in [1.82, 2.24) is 4.90 Å². The number of carboxylic acids is 1. The Labute approximate surface area is 152 Å². The van der Waals surface area contributed by atoms with Gasteiger partial charge in [0.15, 0.2) is 0 Å². The molecule has 0 spiro atoms. The van der Waals surface area contributed by atoms with Gasteiger partial charge in [0.25, 0.3) is 0 Å². The fraction of sp³-hybridized carbons (Fsp3) is 0.429. The normalized spacial score (nSPS) is 27.7. The molecule has 136 valence electrons. The Kier molecular flexibility index (Phi) is 4.19. The van der Waals surface area contributed by atoms with Crippen LogP contribution in [0.3, 0.4) is 0 Å². The van der Waals surface area contributed by atoms with Crippen LogP contribution in [0.25, 0.3) is 10.8 Å². The number of nitrogens with zero attached hydrogens (tertiary/aromatic N) is 1.